The first-order chi connectivity index (χ1) is 19.8. The highest BCUT2D eigenvalue weighted by molar-refractivity contribution is 7.07. The SMILES string of the molecule is CCOC(=O)C1=C(C)N=c2s/c(=C\c3cccc(OCc4ccc(Cl)cc4Cl)c3)c(=O)n2[C@@H]1c1ccc(OC)cc1. The number of ether oxygens (including phenoxy) is 3. The fourth-order valence-corrected chi connectivity index (χ4v) is 6.05. The second kappa shape index (κ2) is 12.3. The first-order valence-corrected chi connectivity index (χ1v) is 14.4. The van der Waals surface area contributed by atoms with E-state index < -0.39 is 12.0 Å². The van der Waals surface area contributed by atoms with Crippen LogP contribution in [0.5, 0.6) is 11.5 Å². The molecule has 0 N–H and O–H groups in total. The van der Waals surface area contributed by atoms with Gasteiger partial charge in [0.05, 0.1) is 35.6 Å². The van der Waals surface area contributed by atoms with Crippen molar-refractivity contribution in [2.75, 3.05) is 13.7 Å². The molecule has 0 amide bonds. The fraction of sp³-hybridized carbons (Fsp3) is 0.194. The van der Waals surface area contributed by atoms with E-state index in [4.69, 9.17) is 37.4 Å². The Labute approximate surface area is 250 Å². The molecule has 210 valence electrons. The standard InChI is InChI=1S/C31H26Cl2N2O5S/c1-4-39-30(37)27-18(2)34-31-35(28(27)20-9-12-23(38-3)13-10-20)29(36)26(41-31)15-19-6-5-7-24(14-19)40-17-21-8-11-22(32)16-25(21)33/h5-16,28H,4,17H2,1-3H3/b26-15-/t28-/m1/s1. The molecule has 2 heterocycles. The van der Waals surface area contributed by atoms with Gasteiger partial charge in [-0.25, -0.2) is 9.79 Å². The molecule has 0 saturated heterocycles. The molecule has 0 fully saturated rings. The van der Waals surface area contributed by atoms with Crippen molar-refractivity contribution in [3.63, 3.8) is 0 Å². The lowest BCUT2D eigenvalue weighted by Crippen LogP contribution is -2.39. The molecule has 0 unspecified atom stereocenters. The van der Waals surface area contributed by atoms with Crippen LogP contribution in [0.4, 0.5) is 0 Å². The van der Waals surface area contributed by atoms with E-state index in [1.807, 2.05) is 42.5 Å². The number of carbonyl (C=O) groups is 1. The van der Waals surface area contributed by atoms with Gasteiger partial charge in [-0.2, -0.15) is 0 Å². The zero-order chi connectivity index (χ0) is 29.1. The van der Waals surface area contributed by atoms with Crippen LogP contribution in [0.1, 0.15) is 36.6 Å². The van der Waals surface area contributed by atoms with Gasteiger partial charge < -0.3 is 14.2 Å². The Kier molecular flexibility index (Phi) is 8.63. The molecule has 5 rings (SSSR count). The number of aromatic nitrogens is 1. The number of nitrogens with zero attached hydrogens (tertiary/aromatic N) is 2. The maximum atomic E-state index is 13.8. The molecule has 1 atom stereocenters. The molecule has 0 bridgehead atoms. The van der Waals surface area contributed by atoms with Crippen LogP contribution >= 0.6 is 34.5 Å². The average Bonchev–Trinajstić information content (AvgIpc) is 3.26. The first-order valence-electron chi connectivity index (χ1n) is 12.8. The van der Waals surface area contributed by atoms with Crippen molar-refractivity contribution >= 4 is 46.6 Å². The van der Waals surface area contributed by atoms with E-state index >= 15 is 0 Å². The topological polar surface area (TPSA) is 79.1 Å². The minimum Gasteiger partial charge on any atom is -0.497 e. The monoisotopic (exact) mass is 608 g/mol. The number of carbonyl (C=O) groups excluding carboxylic acids is 1. The summed E-state index contributed by atoms with van der Waals surface area (Å²) < 4.78 is 18.6. The lowest BCUT2D eigenvalue weighted by atomic mass is 9.96. The van der Waals surface area contributed by atoms with Crippen LogP contribution in [0.25, 0.3) is 6.08 Å². The maximum absolute atomic E-state index is 13.8. The summed E-state index contributed by atoms with van der Waals surface area (Å²) in [5.74, 6) is 0.781. The summed E-state index contributed by atoms with van der Waals surface area (Å²) in [6.45, 7) is 3.97. The van der Waals surface area contributed by atoms with Crippen molar-refractivity contribution in [3.05, 3.63) is 124 Å². The van der Waals surface area contributed by atoms with E-state index in [1.165, 1.54) is 11.3 Å². The Bertz CT molecular complexity index is 1830. The Morgan fingerprint density at radius 1 is 1.07 bits per heavy atom. The summed E-state index contributed by atoms with van der Waals surface area (Å²) in [7, 11) is 1.58. The van der Waals surface area contributed by atoms with Gasteiger partial charge in [-0.3, -0.25) is 9.36 Å². The van der Waals surface area contributed by atoms with Crippen LogP contribution < -0.4 is 24.4 Å². The molecular weight excluding hydrogens is 583 g/mol. The summed E-state index contributed by atoms with van der Waals surface area (Å²) in [6, 6.07) is 19.2. The second-order valence-corrected chi connectivity index (χ2v) is 11.0. The average molecular weight is 610 g/mol. The molecule has 0 spiro atoms. The van der Waals surface area contributed by atoms with E-state index in [-0.39, 0.29) is 18.8 Å². The minimum absolute atomic E-state index is 0.206. The van der Waals surface area contributed by atoms with E-state index in [0.29, 0.717) is 42.1 Å². The number of thiazole rings is 1. The largest absolute Gasteiger partial charge is 0.497 e. The van der Waals surface area contributed by atoms with Gasteiger partial charge in [-0.1, -0.05) is 64.9 Å². The molecule has 1 aromatic heterocycles. The number of hydrogen-bond acceptors (Lipinski definition) is 7. The van der Waals surface area contributed by atoms with Crippen LogP contribution in [-0.4, -0.2) is 24.3 Å². The van der Waals surface area contributed by atoms with Gasteiger partial charge in [-0.15, -0.1) is 0 Å². The summed E-state index contributed by atoms with van der Waals surface area (Å²) in [6.07, 6.45) is 1.79. The van der Waals surface area contributed by atoms with Gasteiger partial charge in [-0.05, 0) is 67.4 Å². The first kappa shape index (κ1) is 28.7. The van der Waals surface area contributed by atoms with Crippen molar-refractivity contribution in [1.29, 1.82) is 0 Å². The zero-order valence-electron chi connectivity index (χ0n) is 22.5. The van der Waals surface area contributed by atoms with Gasteiger partial charge in [0.1, 0.15) is 18.1 Å². The molecule has 0 aliphatic carbocycles. The molecule has 10 heteroatoms. The van der Waals surface area contributed by atoms with E-state index in [2.05, 4.69) is 4.99 Å². The van der Waals surface area contributed by atoms with Crippen molar-refractivity contribution < 1.29 is 19.0 Å². The lowest BCUT2D eigenvalue weighted by Gasteiger charge is -2.24. The quantitative estimate of drug-likeness (QED) is 0.240. The van der Waals surface area contributed by atoms with Crippen molar-refractivity contribution in [2.45, 2.75) is 26.5 Å². The van der Waals surface area contributed by atoms with Crippen LogP contribution in [0.15, 0.2) is 87.8 Å². The Morgan fingerprint density at radius 2 is 1.85 bits per heavy atom. The van der Waals surface area contributed by atoms with E-state index in [9.17, 15) is 9.59 Å². The highest BCUT2D eigenvalue weighted by Crippen LogP contribution is 2.31. The number of fused-ring (bicyclic) bond motifs is 1. The van der Waals surface area contributed by atoms with Crippen LogP contribution in [-0.2, 0) is 16.1 Å². The Balaban J connectivity index is 1.53. The van der Waals surface area contributed by atoms with Crippen molar-refractivity contribution in [2.24, 2.45) is 4.99 Å². The van der Waals surface area contributed by atoms with Crippen LogP contribution in [0.3, 0.4) is 0 Å². The van der Waals surface area contributed by atoms with Gasteiger partial charge in [0.2, 0.25) is 0 Å². The summed E-state index contributed by atoms with van der Waals surface area (Å²) in [5, 5.41) is 1.08. The summed E-state index contributed by atoms with van der Waals surface area (Å²) in [5.41, 5.74) is 2.90. The Morgan fingerprint density at radius 3 is 2.56 bits per heavy atom. The fourth-order valence-electron chi connectivity index (χ4n) is 4.54. The molecule has 4 aromatic rings. The van der Waals surface area contributed by atoms with Gasteiger partial charge >= 0.3 is 5.97 Å². The normalized spacial score (nSPS) is 14.9. The molecule has 1 aliphatic heterocycles. The summed E-state index contributed by atoms with van der Waals surface area (Å²) in [4.78, 5) is 32.0. The number of benzene rings is 3. The van der Waals surface area contributed by atoms with Crippen LogP contribution in [0, 0.1) is 0 Å². The third-order valence-corrected chi connectivity index (χ3v) is 8.08. The number of allylic oxidation sites excluding steroid dienone is 1. The zero-order valence-corrected chi connectivity index (χ0v) is 24.8. The highest BCUT2D eigenvalue weighted by atomic mass is 35.5. The third-order valence-electron chi connectivity index (χ3n) is 6.51. The predicted molar refractivity (Wildman–Crippen MR) is 161 cm³/mol. The van der Waals surface area contributed by atoms with Crippen molar-refractivity contribution in [1.82, 2.24) is 4.57 Å². The highest BCUT2D eigenvalue weighted by Gasteiger charge is 2.33. The molecule has 3 aromatic carbocycles. The molecule has 0 saturated carbocycles. The molecule has 7 nitrogen and oxygen atoms in total. The Hall–Kier alpha value is -3.85. The van der Waals surface area contributed by atoms with Crippen LogP contribution in [0.2, 0.25) is 10.0 Å². The van der Waals surface area contributed by atoms with E-state index in [1.54, 1.807) is 55.9 Å². The number of hydrogen-bond donors (Lipinski definition) is 0. The van der Waals surface area contributed by atoms with E-state index in [0.717, 1.165) is 16.7 Å². The lowest BCUT2D eigenvalue weighted by molar-refractivity contribution is -0.139. The van der Waals surface area contributed by atoms with Crippen molar-refractivity contribution in [3.8, 4) is 11.5 Å². The number of rotatable bonds is 8. The maximum Gasteiger partial charge on any atom is 0.338 e. The third kappa shape index (κ3) is 6.10. The molecule has 1 aliphatic rings. The smallest absolute Gasteiger partial charge is 0.338 e. The number of esters is 1. The van der Waals surface area contributed by atoms with Gasteiger partial charge in [0.15, 0.2) is 4.80 Å². The molecular formula is C31H26Cl2N2O5S. The molecule has 0 radical (unpaired) electrons. The predicted octanol–water partition coefficient (Wildman–Crippen LogP) is 5.69. The second-order valence-electron chi connectivity index (χ2n) is 9.17. The van der Waals surface area contributed by atoms with Gasteiger partial charge in [0.25, 0.3) is 5.56 Å². The number of methoxy groups -OCH3 is 1. The van der Waals surface area contributed by atoms with Gasteiger partial charge in [0, 0.05) is 15.6 Å². The number of halogens is 2. The minimum atomic E-state index is -0.697. The summed E-state index contributed by atoms with van der Waals surface area (Å²) >= 11 is 13.5. The molecule has 41 heavy (non-hydrogen) atoms.